The third kappa shape index (κ3) is 6.10. The van der Waals surface area contributed by atoms with Gasteiger partial charge in [-0.05, 0) is 79.7 Å². The van der Waals surface area contributed by atoms with Gasteiger partial charge in [0.2, 0.25) is 0 Å². The van der Waals surface area contributed by atoms with Crippen LogP contribution in [-0.4, -0.2) is 0 Å². The Bertz CT molecular complexity index is 529. The molecule has 2 aliphatic carbocycles. The molecule has 0 spiro atoms. The van der Waals surface area contributed by atoms with Crippen LogP contribution in [0.3, 0.4) is 0 Å². The second-order valence-corrected chi connectivity index (χ2v) is 9.02. The molecule has 156 valence electrons. The van der Waals surface area contributed by atoms with E-state index in [1.165, 1.54) is 63.4 Å². The Kier molecular flexibility index (Phi) is 10.7. The van der Waals surface area contributed by atoms with Gasteiger partial charge in [0, 0.05) is 0 Å². The van der Waals surface area contributed by atoms with Crippen molar-refractivity contribution in [3.63, 3.8) is 0 Å². The van der Waals surface area contributed by atoms with Crippen LogP contribution in [0.4, 0.5) is 0 Å². The van der Waals surface area contributed by atoms with E-state index in [0.717, 1.165) is 29.6 Å². The highest BCUT2D eigenvalue weighted by molar-refractivity contribution is 5.37. The lowest BCUT2D eigenvalue weighted by atomic mass is 9.67. The van der Waals surface area contributed by atoms with Gasteiger partial charge in [-0.1, -0.05) is 91.5 Å². The molecule has 0 aliphatic heterocycles. The van der Waals surface area contributed by atoms with Gasteiger partial charge in [0.05, 0.1) is 0 Å². The summed E-state index contributed by atoms with van der Waals surface area (Å²) in [5.41, 5.74) is 4.82. The molecule has 0 radical (unpaired) electrons. The number of hydrogen-bond donors (Lipinski definition) is 0. The average molecular weight is 373 g/mol. The Morgan fingerprint density at radius 3 is 2.33 bits per heavy atom. The van der Waals surface area contributed by atoms with Gasteiger partial charge in [0.15, 0.2) is 0 Å². The average Bonchev–Trinajstić information content (AvgIpc) is 2.71. The summed E-state index contributed by atoms with van der Waals surface area (Å²) < 4.78 is 0. The summed E-state index contributed by atoms with van der Waals surface area (Å²) in [5.74, 6) is 4.55. The topological polar surface area (TPSA) is 0 Å². The predicted molar refractivity (Wildman–Crippen MR) is 124 cm³/mol. The summed E-state index contributed by atoms with van der Waals surface area (Å²) in [5, 5.41) is 0. The highest BCUT2D eigenvalue weighted by atomic mass is 14.4. The normalized spacial score (nSPS) is 30.2. The molecule has 0 amide bonds. The number of aryl methyl sites for hydroxylation is 2. The minimum absolute atomic E-state index is 0. The lowest BCUT2D eigenvalue weighted by molar-refractivity contribution is 0.241. The van der Waals surface area contributed by atoms with E-state index in [0.29, 0.717) is 0 Å². The maximum Gasteiger partial charge on any atom is -0.0128 e. The van der Waals surface area contributed by atoms with Crippen LogP contribution in [0.25, 0.3) is 0 Å². The molecule has 5 atom stereocenters. The van der Waals surface area contributed by atoms with Crippen LogP contribution in [0.15, 0.2) is 18.2 Å². The van der Waals surface area contributed by atoms with Crippen LogP contribution >= 0.6 is 0 Å². The van der Waals surface area contributed by atoms with Crippen LogP contribution < -0.4 is 0 Å². The first kappa shape index (κ1) is 24.3. The number of rotatable bonds is 3. The molecule has 0 heterocycles. The third-order valence-electron chi connectivity index (χ3n) is 7.35. The molecule has 0 bridgehead atoms. The minimum atomic E-state index is 0. The molecular weight excluding hydrogens is 324 g/mol. The molecule has 0 N–H and O–H groups in total. The Balaban J connectivity index is 0.00000118. The molecule has 0 aromatic heterocycles. The van der Waals surface area contributed by atoms with E-state index >= 15 is 0 Å². The van der Waals surface area contributed by atoms with Crippen molar-refractivity contribution in [2.24, 2.45) is 23.7 Å². The molecule has 2 aliphatic rings. The van der Waals surface area contributed by atoms with Crippen molar-refractivity contribution in [3.05, 3.63) is 34.9 Å². The second-order valence-electron chi connectivity index (χ2n) is 9.02. The Morgan fingerprint density at radius 2 is 1.63 bits per heavy atom. The molecular formula is C27H48. The van der Waals surface area contributed by atoms with E-state index in [1.54, 1.807) is 11.1 Å². The largest absolute Gasteiger partial charge is 0.0776 e. The summed E-state index contributed by atoms with van der Waals surface area (Å²) in [7, 11) is 0. The highest BCUT2D eigenvalue weighted by Crippen LogP contribution is 2.47. The fourth-order valence-electron chi connectivity index (χ4n) is 5.67. The predicted octanol–water partition coefficient (Wildman–Crippen LogP) is 8.96. The number of hydrogen-bond acceptors (Lipinski definition) is 0. The van der Waals surface area contributed by atoms with Crippen molar-refractivity contribution in [1.82, 2.24) is 0 Å². The van der Waals surface area contributed by atoms with Gasteiger partial charge in [-0.15, -0.1) is 0 Å². The lowest BCUT2D eigenvalue weighted by Crippen LogP contribution is -2.26. The number of fused-ring (bicyclic) bond motifs is 3. The van der Waals surface area contributed by atoms with Crippen LogP contribution in [0.5, 0.6) is 0 Å². The van der Waals surface area contributed by atoms with Crippen molar-refractivity contribution in [3.8, 4) is 0 Å². The van der Waals surface area contributed by atoms with E-state index in [2.05, 4.69) is 45.9 Å². The first-order valence-corrected chi connectivity index (χ1v) is 11.7. The monoisotopic (exact) mass is 372 g/mol. The van der Waals surface area contributed by atoms with Gasteiger partial charge in [-0.2, -0.15) is 0 Å². The Morgan fingerprint density at radius 1 is 0.926 bits per heavy atom. The Labute approximate surface area is 171 Å². The third-order valence-corrected chi connectivity index (χ3v) is 7.35. The van der Waals surface area contributed by atoms with Crippen LogP contribution in [0.2, 0.25) is 0 Å². The highest BCUT2D eigenvalue weighted by Gasteiger charge is 2.35. The van der Waals surface area contributed by atoms with Crippen LogP contribution in [0.1, 0.15) is 116 Å². The summed E-state index contributed by atoms with van der Waals surface area (Å²) in [6.07, 6.45) is 12.8. The van der Waals surface area contributed by atoms with Gasteiger partial charge >= 0.3 is 0 Å². The molecule has 1 aromatic rings. The van der Waals surface area contributed by atoms with Gasteiger partial charge < -0.3 is 0 Å². The first-order chi connectivity index (χ1) is 12.6. The number of unbranched alkanes of at least 4 members (excludes halogenated alkanes) is 1. The minimum Gasteiger partial charge on any atom is -0.0776 e. The maximum atomic E-state index is 2.56. The lowest BCUT2D eigenvalue weighted by Gasteiger charge is -2.37. The summed E-state index contributed by atoms with van der Waals surface area (Å²) >= 11 is 0. The summed E-state index contributed by atoms with van der Waals surface area (Å²) in [4.78, 5) is 0. The Hall–Kier alpha value is -0.780. The molecule has 0 nitrogen and oxygen atoms in total. The van der Waals surface area contributed by atoms with Crippen molar-refractivity contribution in [2.45, 2.75) is 113 Å². The molecule has 1 fully saturated rings. The quantitative estimate of drug-likeness (QED) is 0.496. The maximum absolute atomic E-state index is 2.56. The van der Waals surface area contributed by atoms with Gasteiger partial charge in [-0.25, -0.2) is 0 Å². The molecule has 1 aromatic carbocycles. The zero-order chi connectivity index (χ0) is 19.1. The van der Waals surface area contributed by atoms with Crippen molar-refractivity contribution in [2.75, 3.05) is 0 Å². The zero-order valence-corrected chi connectivity index (χ0v) is 18.5. The van der Waals surface area contributed by atoms with Crippen LogP contribution in [-0.2, 0) is 6.42 Å². The van der Waals surface area contributed by atoms with E-state index in [9.17, 15) is 0 Å². The van der Waals surface area contributed by atoms with E-state index in [1.807, 2.05) is 13.8 Å². The van der Waals surface area contributed by atoms with Gasteiger partial charge in [0.25, 0.3) is 0 Å². The van der Waals surface area contributed by atoms with Gasteiger partial charge in [-0.3, -0.25) is 0 Å². The van der Waals surface area contributed by atoms with Crippen molar-refractivity contribution >= 4 is 0 Å². The first-order valence-electron chi connectivity index (χ1n) is 11.7. The summed E-state index contributed by atoms with van der Waals surface area (Å²) in [6.45, 7) is 13.7. The standard InChI is InChI=1S/C24H38.C2H6.CH4/c1-5-6-7-20-11-9-19(4)22-15-12-21-16-17(2)8-13-23(21)24(22)14-10-18(20)3;1-2;/h8,13,16,18-20,22,24H,5-7,9-12,14-15H2,1-4H3;1-2H3;1H4. The fraction of sp³-hybridized carbons (Fsp3) is 0.778. The van der Waals surface area contributed by atoms with E-state index < -0.39 is 0 Å². The molecule has 1 saturated carbocycles. The molecule has 27 heavy (non-hydrogen) atoms. The van der Waals surface area contributed by atoms with Crippen molar-refractivity contribution in [1.29, 1.82) is 0 Å². The molecule has 0 saturated heterocycles. The zero-order valence-electron chi connectivity index (χ0n) is 18.5. The summed E-state index contributed by atoms with van der Waals surface area (Å²) in [6, 6.07) is 7.30. The smallest absolute Gasteiger partial charge is 0.0128 e. The van der Waals surface area contributed by atoms with E-state index in [4.69, 9.17) is 0 Å². The van der Waals surface area contributed by atoms with Gasteiger partial charge in [0.1, 0.15) is 0 Å². The van der Waals surface area contributed by atoms with Crippen molar-refractivity contribution < 1.29 is 0 Å². The second kappa shape index (κ2) is 11.9. The molecule has 0 heteroatoms. The number of benzene rings is 1. The SMILES string of the molecule is C.CC.CCCCC1CCC(C)C2CCc3cc(C)ccc3C2CCC1C. The van der Waals surface area contributed by atoms with E-state index in [-0.39, 0.29) is 7.43 Å². The molecule has 5 unspecified atom stereocenters. The van der Waals surface area contributed by atoms with Crippen LogP contribution in [0, 0.1) is 30.6 Å². The molecule has 3 rings (SSSR count). The fourth-order valence-corrected chi connectivity index (χ4v) is 5.67.